The number of thiophene rings is 1. The normalized spacial score (nSPS) is 14.0. The molecular weight excluding hydrogens is 476 g/mol. The van der Waals surface area contributed by atoms with Crippen LogP contribution >= 0.6 is 22.7 Å². The predicted molar refractivity (Wildman–Crippen MR) is 141 cm³/mol. The average Bonchev–Trinajstić information content (AvgIpc) is 3.51. The first kappa shape index (κ1) is 21.7. The van der Waals surface area contributed by atoms with Gasteiger partial charge in [0.25, 0.3) is 5.56 Å². The van der Waals surface area contributed by atoms with Gasteiger partial charge in [0.05, 0.1) is 28.5 Å². The third-order valence-corrected chi connectivity index (χ3v) is 8.39. The van der Waals surface area contributed by atoms with Gasteiger partial charge in [-0.15, -0.1) is 22.7 Å². The Labute approximate surface area is 209 Å². The average molecular weight is 497 g/mol. The van der Waals surface area contributed by atoms with Gasteiger partial charge >= 0.3 is 0 Å². The Kier molecular flexibility index (Phi) is 5.44. The van der Waals surface area contributed by atoms with Crippen LogP contribution in [0.15, 0.2) is 64.7 Å². The quantitative estimate of drug-likeness (QED) is 0.240. The molecule has 3 aromatic heterocycles. The largest absolute Gasteiger partial charge is 0.509 e. The number of aryl methyl sites for hydroxylation is 2. The van der Waals surface area contributed by atoms with Crippen molar-refractivity contribution in [1.29, 1.82) is 5.26 Å². The molecule has 6 nitrogen and oxygen atoms in total. The Morgan fingerprint density at radius 2 is 1.97 bits per heavy atom. The van der Waals surface area contributed by atoms with Gasteiger partial charge in [-0.05, 0) is 54.5 Å². The van der Waals surface area contributed by atoms with E-state index in [1.54, 1.807) is 0 Å². The van der Waals surface area contributed by atoms with Crippen molar-refractivity contribution < 1.29 is 5.11 Å². The summed E-state index contributed by atoms with van der Waals surface area (Å²) in [5, 5.41) is 23.5. The van der Waals surface area contributed by atoms with Crippen LogP contribution in [0.3, 0.4) is 0 Å². The highest BCUT2D eigenvalue weighted by molar-refractivity contribution is 7.19. The molecule has 2 aromatic carbocycles. The van der Waals surface area contributed by atoms with E-state index >= 15 is 0 Å². The van der Waals surface area contributed by atoms with Gasteiger partial charge in [-0.25, -0.2) is 9.97 Å². The summed E-state index contributed by atoms with van der Waals surface area (Å²) in [7, 11) is 0. The number of hydrogen-bond acceptors (Lipinski definition) is 7. The van der Waals surface area contributed by atoms with E-state index in [1.807, 2.05) is 29.6 Å². The minimum Gasteiger partial charge on any atom is -0.509 e. The molecule has 8 heteroatoms. The van der Waals surface area contributed by atoms with Crippen LogP contribution in [0.25, 0.3) is 37.1 Å². The highest BCUT2D eigenvalue weighted by Crippen LogP contribution is 2.34. The standard InChI is InChI=1S/C27H20N4O2S2/c28-12-19(25-30-21-7-3-4-8-23(21)35-25)22(32)13-31-15-29-26-24(27(31)33)20(14-34-26)18-10-9-16-5-1-2-6-17(16)11-18/h3-4,7-11,14-15,32H,1-2,5-6,13H2/b22-19-. The number of allylic oxidation sites excluding steroid dienone is 2. The lowest BCUT2D eigenvalue weighted by atomic mass is 9.89. The molecule has 0 aliphatic heterocycles. The number of rotatable bonds is 4. The van der Waals surface area contributed by atoms with Crippen molar-refractivity contribution in [3.05, 3.63) is 86.4 Å². The van der Waals surface area contributed by atoms with Gasteiger partial charge in [-0.2, -0.15) is 5.26 Å². The molecule has 35 heavy (non-hydrogen) atoms. The van der Waals surface area contributed by atoms with Crippen molar-refractivity contribution in [3.63, 3.8) is 0 Å². The van der Waals surface area contributed by atoms with Crippen molar-refractivity contribution in [2.24, 2.45) is 0 Å². The van der Waals surface area contributed by atoms with Gasteiger partial charge in [-0.3, -0.25) is 9.36 Å². The maximum atomic E-state index is 13.5. The zero-order valence-electron chi connectivity index (χ0n) is 18.7. The summed E-state index contributed by atoms with van der Waals surface area (Å²) < 4.78 is 2.29. The van der Waals surface area contributed by atoms with Crippen molar-refractivity contribution in [2.45, 2.75) is 32.2 Å². The molecule has 6 rings (SSSR count). The first-order valence-corrected chi connectivity index (χ1v) is 13.1. The van der Waals surface area contributed by atoms with Crippen LogP contribution in [0.1, 0.15) is 29.0 Å². The molecule has 0 bridgehead atoms. The molecule has 1 aliphatic carbocycles. The molecule has 1 aliphatic rings. The Morgan fingerprint density at radius 3 is 2.80 bits per heavy atom. The Bertz CT molecular complexity index is 1700. The number of benzene rings is 2. The number of thiazole rings is 1. The maximum Gasteiger partial charge on any atom is 0.263 e. The van der Waals surface area contributed by atoms with E-state index < -0.39 is 0 Å². The van der Waals surface area contributed by atoms with E-state index in [2.05, 4.69) is 34.2 Å². The highest BCUT2D eigenvalue weighted by atomic mass is 32.1. The lowest BCUT2D eigenvalue weighted by Gasteiger charge is -2.16. The number of para-hydroxylation sites is 1. The van der Waals surface area contributed by atoms with Crippen LogP contribution in [-0.4, -0.2) is 19.6 Å². The Hall–Kier alpha value is -3.80. The smallest absolute Gasteiger partial charge is 0.263 e. The number of nitriles is 1. The third kappa shape index (κ3) is 3.83. The fraction of sp³-hybridized carbons (Fsp3) is 0.185. The molecule has 0 saturated heterocycles. The summed E-state index contributed by atoms with van der Waals surface area (Å²) in [6, 6.07) is 16.1. The fourth-order valence-electron chi connectivity index (χ4n) is 4.65. The minimum absolute atomic E-state index is 0.0680. The summed E-state index contributed by atoms with van der Waals surface area (Å²) in [6.07, 6.45) is 6.02. The first-order valence-electron chi connectivity index (χ1n) is 11.4. The third-order valence-electron chi connectivity index (χ3n) is 6.45. The topological polar surface area (TPSA) is 91.8 Å². The van der Waals surface area contributed by atoms with Gasteiger partial charge in [0.15, 0.2) is 0 Å². The van der Waals surface area contributed by atoms with Gasteiger partial charge in [0.2, 0.25) is 0 Å². The van der Waals surface area contributed by atoms with Crippen LogP contribution in [0.2, 0.25) is 0 Å². The minimum atomic E-state index is -0.239. The van der Waals surface area contributed by atoms with Gasteiger partial charge < -0.3 is 5.11 Å². The Morgan fingerprint density at radius 1 is 1.14 bits per heavy atom. The second-order valence-electron chi connectivity index (χ2n) is 8.62. The molecule has 0 atom stereocenters. The van der Waals surface area contributed by atoms with Crippen molar-refractivity contribution in [1.82, 2.24) is 14.5 Å². The number of hydrogen-bond donors (Lipinski definition) is 1. The van der Waals surface area contributed by atoms with Crippen LogP contribution in [0, 0.1) is 11.3 Å². The summed E-state index contributed by atoms with van der Waals surface area (Å²) in [4.78, 5) is 23.1. The number of nitrogens with zero attached hydrogens (tertiary/aromatic N) is 4. The highest BCUT2D eigenvalue weighted by Gasteiger charge is 2.18. The lowest BCUT2D eigenvalue weighted by Crippen LogP contribution is -2.21. The zero-order valence-corrected chi connectivity index (χ0v) is 20.3. The second-order valence-corrected chi connectivity index (χ2v) is 10.5. The monoisotopic (exact) mass is 496 g/mol. The predicted octanol–water partition coefficient (Wildman–Crippen LogP) is 6.11. The second kappa shape index (κ2) is 8.77. The summed E-state index contributed by atoms with van der Waals surface area (Å²) in [6.45, 7) is -0.153. The summed E-state index contributed by atoms with van der Waals surface area (Å²) in [5.74, 6) is -0.208. The van der Waals surface area contributed by atoms with Crippen LogP contribution in [-0.2, 0) is 19.4 Å². The molecule has 0 spiro atoms. The summed E-state index contributed by atoms with van der Waals surface area (Å²) in [5.41, 5.74) is 5.22. The van der Waals surface area contributed by atoms with Gasteiger partial charge in [0.1, 0.15) is 27.2 Å². The van der Waals surface area contributed by atoms with E-state index in [-0.39, 0.29) is 23.4 Å². The lowest BCUT2D eigenvalue weighted by molar-refractivity contribution is 0.376. The van der Waals surface area contributed by atoms with E-state index in [0.717, 1.165) is 34.2 Å². The molecule has 0 saturated carbocycles. The van der Waals surface area contributed by atoms with E-state index in [1.165, 1.54) is 57.5 Å². The molecule has 0 amide bonds. The number of fused-ring (bicyclic) bond motifs is 3. The molecule has 3 heterocycles. The van der Waals surface area contributed by atoms with Crippen molar-refractivity contribution in [3.8, 4) is 17.2 Å². The number of aliphatic hydroxyl groups is 1. The number of aromatic nitrogens is 3. The Balaban J connectivity index is 1.41. The zero-order chi connectivity index (χ0) is 23.9. The maximum absolute atomic E-state index is 13.5. The molecule has 1 N–H and O–H groups in total. The molecule has 0 radical (unpaired) electrons. The van der Waals surface area contributed by atoms with Gasteiger partial charge in [0, 0.05) is 10.9 Å². The van der Waals surface area contributed by atoms with Crippen LogP contribution < -0.4 is 5.56 Å². The van der Waals surface area contributed by atoms with Crippen molar-refractivity contribution >= 4 is 48.7 Å². The van der Waals surface area contributed by atoms with E-state index in [0.29, 0.717) is 15.2 Å². The fourth-order valence-corrected chi connectivity index (χ4v) is 6.54. The van der Waals surface area contributed by atoms with E-state index in [9.17, 15) is 15.2 Å². The SMILES string of the molecule is N#C/C(=C(/O)Cn1cnc2scc(-c3ccc4c(c3)CCCC4)c2c1=O)c1nc2ccccc2s1. The number of aliphatic hydroxyl groups excluding tert-OH is 1. The molecule has 5 aromatic rings. The van der Waals surface area contributed by atoms with Crippen molar-refractivity contribution in [2.75, 3.05) is 0 Å². The molecule has 0 fully saturated rings. The molecular formula is C27H20N4O2S2. The molecule has 172 valence electrons. The summed E-state index contributed by atoms with van der Waals surface area (Å²) >= 11 is 2.77. The van der Waals surface area contributed by atoms with E-state index in [4.69, 9.17) is 0 Å². The van der Waals surface area contributed by atoms with Crippen LogP contribution in [0.4, 0.5) is 0 Å². The van der Waals surface area contributed by atoms with Gasteiger partial charge in [-0.1, -0.05) is 30.3 Å². The molecule has 0 unspecified atom stereocenters. The first-order chi connectivity index (χ1) is 17.1. The van der Waals surface area contributed by atoms with Crippen LogP contribution in [0.5, 0.6) is 0 Å².